The third-order valence-corrected chi connectivity index (χ3v) is 5.40. The molecule has 0 atom stereocenters. The average molecular weight is 465 g/mol. The number of rotatable bonds is 3. The van der Waals surface area contributed by atoms with Gasteiger partial charge in [0.05, 0.1) is 12.2 Å². The summed E-state index contributed by atoms with van der Waals surface area (Å²) in [6.45, 7) is 1.69. The molecule has 2 aliphatic heterocycles. The zero-order valence-corrected chi connectivity index (χ0v) is 17.1. The summed E-state index contributed by atoms with van der Waals surface area (Å²) < 4.78 is 46.6. The minimum absolute atomic E-state index is 0. The Morgan fingerprint density at radius 3 is 2.28 bits per heavy atom. The highest BCUT2D eigenvalue weighted by Crippen LogP contribution is 2.40. The summed E-state index contributed by atoms with van der Waals surface area (Å²) in [5.74, 6) is -0.751. The van der Waals surface area contributed by atoms with Crippen LogP contribution < -0.4 is 5.32 Å². The number of carbonyl (C=O) groups is 1. The van der Waals surface area contributed by atoms with Crippen LogP contribution in [0.4, 0.5) is 13.2 Å². The highest BCUT2D eigenvalue weighted by atomic mass is 35.5. The Morgan fingerprint density at radius 2 is 1.72 bits per heavy atom. The van der Waals surface area contributed by atoms with Gasteiger partial charge < -0.3 is 10.1 Å². The summed E-state index contributed by atoms with van der Waals surface area (Å²) in [4.78, 5) is 12.6. The van der Waals surface area contributed by atoms with Gasteiger partial charge in [-0.3, -0.25) is 4.79 Å². The maximum Gasteiger partial charge on any atom is 0.417 e. The molecular formula is C20H15Cl3F3NO2. The van der Waals surface area contributed by atoms with Crippen molar-refractivity contribution in [3.05, 3.63) is 74.8 Å². The number of hydrogen-bond donors (Lipinski definition) is 1. The molecule has 9 heteroatoms. The second-order valence-electron chi connectivity index (χ2n) is 6.84. The maximum absolute atomic E-state index is 13.6. The number of nitrogens with one attached hydrogen (secondary N) is 1. The lowest BCUT2D eigenvalue weighted by atomic mass is 9.86. The number of hydrogen-bond acceptors (Lipinski definition) is 3. The Kier molecular flexibility index (Phi) is 6.05. The molecule has 4 rings (SSSR count). The third-order valence-electron chi connectivity index (χ3n) is 4.96. The van der Waals surface area contributed by atoms with Crippen molar-refractivity contribution in [2.24, 2.45) is 0 Å². The minimum atomic E-state index is -4.74. The standard InChI is InChI=1S/C20H14Cl2F3NO2.ClH/c21-14-4-12(5-15(22)6-14)17(20(23,24)25)7-18(27)11-1-2-16-13(3-11)8-28-19(16)9-26-10-19;/h1-7,26H,8-10H2;1H/b17-7+;. The lowest BCUT2D eigenvalue weighted by molar-refractivity contribution is -0.0746. The molecule has 1 fully saturated rings. The first-order valence-electron chi connectivity index (χ1n) is 8.46. The molecule has 2 aromatic rings. The molecule has 29 heavy (non-hydrogen) atoms. The molecule has 1 N–H and O–H groups in total. The predicted octanol–water partition coefficient (Wildman–Crippen LogP) is 5.57. The van der Waals surface area contributed by atoms with Crippen molar-refractivity contribution in [1.82, 2.24) is 5.32 Å². The summed E-state index contributed by atoms with van der Waals surface area (Å²) in [6, 6.07) is 8.47. The molecule has 0 amide bonds. The van der Waals surface area contributed by atoms with E-state index in [1.54, 1.807) is 12.1 Å². The number of fused-ring (bicyclic) bond motifs is 2. The number of halogens is 6. The van der Waals surface area contributed by atoms with Crippen LogP contribution in [0.15, 0.2) is 42.5 Å². The zero-order valence-electron chi connectivity index (χ0n) is 14.8. The Bertz CT molecular complexity index is 981. The van der Waals surface area contributed by atoms with Crippen LogP contribution in [0, 0.1) is 0 Å². The summed E-state index contributed by atoms with van der Waals surface area (Å²) in [5.41, 5.74) is 0.230. The van der Waals surface area contributed by atoms with Crippen molar-refractivity contribution in [1.29, 1.82) is 0 Å². The first kappa shape index (κ1) is 22.1. The fourth-order valence-corrected chi connectivity index (χ4v) is 4.03. The normalized spacial score (nSPS) is 17.5. The molecule has 154 valence electrons. The van der Waals surface area contributed by atoms with Gasteiger partial charge in [0.25, 0.3) is 0 Å². The van der Waals surface area contributed by atoms with E-state index in [0.717, 1.165) is 23.3 Å². The lowest BCUT2D eigenvalue weighted by Gasteiger charge is -2.39. The van der Waals surface area contributed by atoms with Crippen LogP contribution in [0.1, 0.15) is 27.0 Å². The van der Waals surface area contributed by atoms with Gasteiger partial charge in [-0.05, 0) is 47.0 Å². The van der Waals surface area contributed by atoms with Gasteiger partial charge in [0, 0.05) is 28.7 Å². The van der Waals surface area contributed by atoms with E-state index in [2.05, 4.69) is 5.32 Å². The molecule has 1 spiro atoms. The summed E-state index contributed by atoms with van der Waals surface area (Å²) >= 11 is 11.6. The minimum Gasteiger partial charge on any atom is -0.363 e. The number of carbonyl (C=O) groups excluding carboxylic acids is 1. The SMILES string of the molecule is Cl.O=C(/C=C(\c1cc(Cl)cc(Cl)c1)C(F)(F)F)c1ccc2c(c1)COC21CNC1. The number of benzene rings is 2. The van der Waals surface area contributed by atoms with Gasteiger partial charge >= 0.3 is 6.18 Å². The van der Waals surface area contributed by atoms with Crippen molar-refractivity contribution < 1.29 is 22.7 Å². The van der Waals surface area contributed by atoms with E-state index in [-0.39, 0.29) is 39.2 Å². The molecule has 3 nitrogen and oxygen atoms in total. The summed E-state index contributed by atoms with van der Waals surface area (Å²) in [7, 11) is 0. The number of ketones is 1. The second kappa shape index (κ2) is 7.93. The van der Waals surface area contributed by atoms with E-state index < -0.39 is 17.5 Å². The largest absolute Gasteiger partial charge is 0.417 e. The monoisotopic (exact) mass is 463 g/mol. The van der Waals surface area contributed by atoms with Gasteiger partial charge in [-0.25, -0.2) is 0 Å². The van der Waals surface area contributed by atoms with Crippen molar-refractivity contribution in [3.63, 3.8) is 0 Å². The smallest absolute Gasteiger partial charge is 0.363 e. The Labute approximate surface area is 181 Å². The van der Waals surface area contributed by atoms with Gasteiger partial charge in [0.2, 0.25) is 0 Å². The molecule has 0 aliphatic carbocycles. The second-order valence-corrected chi connectivity index (χ2v) is 7.71. The van der Waals surface area contributed by atoms with Gasteiger partial charge in [-0.2, -0.15) is 13.2 Å². The molecule has 2 aliphatic rings. The fraction of sp³-hybridized carbons (Fsp3) is 0.250. The van der Waals surface area contributed by atoms with Crippen LogP contribution in [0.3, 0.4) is 0 Å². The Hall–Kier alpha value is -1.57. The van der Waals surface area contributed by atoms with Crippen molar-refractivity contribution in [2.75, 3.05) is 13.1 Å². The van der Waals surface area contributed by atoms with E-state index in [0.29, 0.717) is 25.8 Å². The van der Waals surface area contributed by atoms with Crippen LogP contribution in [0.5, 0.6) is 0 Å². The fourth-order valence-electron chi connectivity index (χ4n) is 3.50. The van der Waals surface area contributed by atoms with Crippen molar-refractivity contribution in [3.8, 4) is 0 Å². The highest BCUT2D eigenvalue weighted by molar-refractivity contribution is 6.35. The Morgan fingerprint density at radius 1 is 1.07 bits per heavy atom. The topological polar surface area (TPSA) is 38.3 Å². The molecule has 2 aromatic carbocycles. The van der Waals surface area contributed by atoms with Gasteiger partial charge in [0.15, 0.2) is 5.78 Å². The van der Waals surface area contributed by atoms with E-state index in [9.17, 15) is 18.0 Å². The number of allylic oxidation sites excluding steroid dienone is 2. The molecule has 0 radical (unpaired) electrons. The summed E-state index contributed by atoms with van der Waals surface area (Å²) in [6.07, 6.45) is -4.16. The highest BCUT2D eigenvalue weighted by Gasteiger charge is 2.45. The first-order valence-corrected chi connectivity index (χ1v) is 9.21. The average Bonchev–Trinajstić information content (AvgIpc) is 2.96. The van der Waals surface area contributed by atoms with E-state index in [4.69, 9.17) is 27.9 Å². The predicted molar refractivity (Wildman–Crippen MR) is 108 cm³/mol. The maximum atomic E-state index is 13.6. The molecular weight excluding hydrogens is 450 g/mol. The molecule has 0 saturated carbocycles. The van der Waals surface area contributed by atoms with Crippen LogP contribution in [0.25, 0.3) is 5.57 Å². The molecule has 0 unspecified atom stereocenters. The molecule has 0 aromatic heterocycles. The van der Waals surface area contributed by atoms with E-state index in [1.807, 2.05) is 0 Å². The van der Waals surface area contributed by atoms with Crippen molar-refractivity contribution in [2.45, 2.75) is 18.4 Å². The van der Waals surface area contributed by atoms with E-state index >= 15 is 0 Å². The van der Waals surface area contributed by atoms with Gasteiger partial charge in [0.1, 0.15) is 5.60 Å². The third kappa shape index (κ3) is 4.18. The quantitative estimate of drug-likeness (QED) is 0.477. The molecule has 0 bridgehead atoms. The zero-order chi connectivity index (χ0) is 20.1. The van der Waals surface area contributed by atoms with Crippen LogP contribution in [-0.4, -0.2) is 25.0 Å². The Balaban J connectivity index is 0.00000240. The van der Waals surface area contributed by atoms with Gasteiger partial charge in [-0.15, -0.1) is 12.4 Å². The van der Waals surface area contributed by atoms with Crippen LogP contribution in [0.2, 0.25) is 10.0 Å². The summed E-state index contributed by atoms with van der Waals surface area (Å²) in [5, 5.41) is 3.25. The number of alkyl halides is 3. The van der Waals surface area contributed by atoms with Gasteiger partial charge in [-0.1, -0.05) is 35.3 Å². The number of ether oxygens (including phenoxy) is 1. The molecule has 1 saturated heterocycles. The lowest BCUT2D eigenvalue weighted by Crippen LogP contribution is -2.56. The molecule has 2 heterocycles. The first-order chi connectivity index (χ1) is 13.2. The van der Waals surface area contributed by atoms with Crippen LogP contribution in [-0.2, 0) is 16.9 Å². The van der Waals surface area contributed by atoms with E-state index in [1.165, 1.54) is 12.1 Å². The van der Waals surface area contributed by atoms with Crippen LogP contribution >= 0.6 is 35.6 Å². The van der Waals surface area contributed by atoms with Crippen molar-refractivity contribution >= 4 is 47.0 Å².